The van der Waals surface area contributed by atoms with Crippen molar-refractivity contribution in [2.45, 2.75) is 27.3 Å². The van der Waals surface area contributed by atoms with Crippen LogP contribution in [0.1, 0.15) is 22.4 Å². The van der Waals surface area contributed by atoms with Crippen molar-refractivity contribution >= 4 is 5.69 Å². The van der Waals surface area contributed by atoms with Crippen LogP contribution in [0.3, 0.4) is 0 Å². The average molecular weight is 273 g/mol. The van der Waals surface area contributed by atoms with Gasteiger partial charge < -0.3 is 15.0 Å². The molecule has 0 spiro atoms. The third-order valence-corrected chi connectivity index (χ3v) is 3.44. The Kier molecular flexibility index (Phi) is 3.79. The van der Waals surface area contributed by atoms with Crippen LogP contribution >= 0.6 is 0 Å². The molecule has 0 aliphatic rings. The molecule has 20 heavy (non-hydrogen) atoms. The second-order valence-corrected chi connectivity index (χ2v) is 4.92. The fourth-order valence-electron chi connectivity index (χ4n) is 2.20. The molecule has 0 saturated heterocycles. The number of rotatable bonds is 3. The summed E-state index contributed by atoms with van der Waals surface area (Å²) in [6, 6.07) is 1.54. The van der Waals surface area contributed by atoms with Gasteiger partial charge in [-0.3, -0.25) is 9.78 Å². The summed E-state index contributed by atoms with van der Waals surface area (Å²) in [6.07, 6.45) is 3.41. The van der Waals surface area contributed by atoms with Gasteiger partial charge in [0.05, 0.1) is 25.0 Å². The number of aryl methyl sites for hydroxylation is 2. The highest BCUT2D eigenvalue weighted by Gasteiger charge is 2.11. The summed E-state index contributed by atoms with van der Waals surface area (Å²) < 4.78 is 6.94. The van der Waals surface area contributed by atoms with Gasteiger partial charge in [0.1, 0.15) is 5.75 Å². The van der Waals surface area contributed by atoms with E-state index in [9.17, 15) is 4.79 Å². The standard InChI is InChI=1S/C15H19N3O2/c1-9-5-14(19)18(7-12(9)16)8-13-11(3)15(20-4)10(2)6-17-13/h5-7H,8,16H2,1-4H3. The van der Waals surface area contributed by atoms with Gasteiger partial charge in [-0.15, -0.1) is 0 Å². The summed E-state index contributed by atoms with van der Waals surface area (Å²) in [5.74, 6) is 0.808. The van der Waals surface area contributed by atoms with Crippen LogP contribution in [0.5, 0.6) is 5.75 Å². The molecule has 0 fully saturated rings. The van der Waals surface area contributed by atoms with Gasteiger partial charge in [0.15, 0.2) is 0 Å². The molecule has 2 aromatic heterocycles. The van der Waals surface area contributed by atoms with Crippen LogP contribution in [0.25, 0.3) is 0 Å². The number of nitrogens with zero attached hydrogens (tertiary/aromatic N) is 2. The second kappa shape index (κ2) is 5.36. The van der Waals surface area contributed by atoms with E-state index in [0.29, 0.717) is 12.2 Å². The first kappa shape index (κ1) is 14.1. The fourth-order valence-corrected chi connectivity index (χ4v) is 2.20. The summed E-state index contributed by atoms with van der Waals surface area (Å²) in [7, 11) is 1.63. The number of nitrogens with two attached hydrogens (primary N) is 1. The van der Waals surface area contributed by atoms with E-state index < -0.39 is 0 Å². The van der Waals surface area contributed by atoms with Gasteiger partial charge in [0.25, 0.3) is 5.56 Å². The Morgan fingerprint density at radius 3 is 2.65 bits per heavy atom. The summed E-state index contributed by atoms with van der Waals surface area (Å²) in [5.41, 5.74) is 9.88. The number of pyridine rings is 2. The van der Waals surface area contributed by atoms with E-state index in [0.717, 1.165) is 28.1 Å². The van der Waals surface area contributed by atoms with Gasteiger partial charge in [0, 0.05) is 29.6 Å². The van der Waals surface area contributed by atoms with Crippen LogP contribution in [0.15, 0.2) is 23.3 Å². The first-order valence-corrected chi connectivity index (χ1v) is 6.39. The van der Waals surface area contributed by atoms with Crippen molar-refractivity contribution in [3.05, 3.63) is 51.2 Å². The van der Waals surface area contributed by atoms with E-state index in [1.54, 1.807) is 24.1 Å². The zero-order valence-electron chi connectivity index (χ0n) is 12.2. The normalized spacial score (nSPS) is 10.6. The SMILES string of the molecule is COc1c(C)cnc(Cn2cc(N)c(C)cc2=O)c1C. The topological polar surface area (TPSA) is 70.1 Å². The largest absolute Gasteiger partial charge is 0.496 e. The molecule has 0 aliphatic carbocycles. The van der Waals surface area contributed by atoms with Gasteiger partial charge >= 0.3 is 0 Å². The van der Waals surface area contributed by atoms with E-state index in [1.807, 2.05) is 20.8 Å². The molecule has 2 aromatic rings. The molecule has 2 N–H and O–H groups in total. The Bertz CT molecular complexity index is 705. The zero-order valence-corrected chi connectivity index (χ0v) is 12.2. The number of hydrogen-bond acceptors (Lipinski definition) is 4. The molecule has 0 aliphatic heterocycles. The van der Waals surface area contributed by atoms with Crippen molar-refractivity contribution in [3.8, 4) is 5.75 Å². The number of anilines is 1. The summed E-state index contributed by atoms with van der Waals surface area (Å²) >= 11 is 0. The number of ether oxygens (including phenoxy) is 1. The second-order valence-electron chi connectivity index (χ2n) is 4.92. The van der Waals surface area contributed by atoms with E-state index in [1.165, 1.54) is 6.07 Å². The van der Waals surface area contributed by atoms with Gasteiger partial charge in [-0.1, -0.05) is 0 Å². The minimum atomic E-state index is -0.0857. The number of aromatic nitrogens is 2. The lowest BCUT2D eigenvalue weighted by Gasteiger charge is -2.14. The van der Waals surface area contributed by atoms with E-state index in [2.05, 4.69) is 4.98 Å². The molecule has 5 nitrogen and oxygen atoms in total. The van der Waals surface area contributed by atoms with Crippen LogP contribution in [0.4, 0.5) is 5.69 Å². The lowest BCUT2D eigenvalue weighted by atomic mass is 10.1. The smallest absolute Gasteiger partial charge is 0.251 e. The highest BCUT2D eigenvalue weighted by Crippen LogP contribution is 2.24. The minimum Gasteiger partial charge on any atom is -0.496 e. The zero-order chi connectivity index (χ0) is 14.9. The molecular weight excluding hydrogens is 254 g/mol. The van der Waals surface area contributed by atoms with Crippen molar-refractivity contribution in [2.24, 2.45) is 0 Å². The lowest BCUT2D eigenvalue weighted by molar-refractivity contribution is 0.406. The molecule has 0 amide bonds. The average Bonchev–Trinajstić information content (AvgIpc) is 2.39. The maximum Gasteiger partial charge on any atom is 0.251 e. The number of nitrogen functional groups attached to an aromatic ring is 1. The third-order valence-electron chi connectivity index (χ3n) is 3.44. The molecule has 0 radical (unpaired) electrons. The number of methoxy groups -OCH3 is 1. The maximum absolute atomic E-state index is 12.0. The van der Waals surface area contributed by atoms with Crippen molar-refractivity contribution in [3.63, 3.8) is 0 Å². The molecule has 106 valence electrons. The predicted octanol–water partition coefficient (Wildman–Crippen LogP) is 1.81. The van der Waals surface area contributed by atoms with Crippen LogP contribution in [0.2, 0.25) is 0 Å². The summed E-state index contributed by atoms with van der Waals surface area (Å²) in [4.78, 5) is 16.4. The van der Waals surface area contributed by atoms with Crippen LogP contribution < -0.4 is 16.0 Å². The third kappa shape index (κ3) is 2.52. The molecule has 0 unspecified atom stereocenters. The van der Waals surface area contributed by atoms with Crippen LogP contribution in [-0.4, -0.2) is 16.7 Å². The van der Waals surface area contributed by atoms with Crippen LogP contribution in [0, 0.1) is 20.8 Å². The molecule has 2 rings (SSSR count). The van der Waals surface area contributed by atoms with Gasteiger partial charge in [0.2, 0.25) is 0 Å². The Morgan fingerprint density at radius 1 is 1.30 bits per heavy atom. The van der Waals surface area contributed by atoms with Crippen molar-refractivity contribution in [2.75, 3.05) is 12.8 Å². The molecule has 0 saturated carbocycles. The van der Waals surface area contributed by atoms with Gasteiger partial charge in [-0.2, -0.15) is 0 Å². The molecule has 2 heterocycles. The summed E-state index contributed by atoms with van der Waals surface area (Å²) in [5, 5.41) is 0. The Morgan fingerprint density at radius 2 is 2.00 bits per heavy atom. The molecular formula is C15H19N3O2. The fraction of sp³-hybridized carbons (Fsp3) is 0.333. The Labute approximate surface area is 118 Å². The Balaban J connectivity index is 2.46. The minimum absolute atomic E-state index is 0.0857. The van der Waals surface area contributed by atoms with Gasteiger partial charge in [-0.25, -0.2) is 0 Å². The first-order valence-electron chi connectivity index (χ1n) is 6.39. The van der Waals surface area contributed by atoms with Crippen LogP contribution in [-0.2, 0) is 6.54 Å². The molecule has 5 heteroatoms. The summed E-state index contributed by atoms with van der Waals surface area (Å²) in [6.45, 7) is 6.08. The van der Waals surface area contributed by atoms with Gasteiger partial charge in [-0.05, 0) is 26.3 Å². The van der Waals surface area contributed by atoms with E-state index in [4.69, 9.17) is 10.5 Å². The first-order chi connectivity index (χ1) is 9.43. The lowest BCUT2D eigenvalue weighted by Crippen LogP contribution is -2.21. The molecule has 0 aromatic carbocycles. The van der Waals surface area contributed by atoms with Crippen molar-refractivity contribution in [1.82, 2.24) is 9.55 Å². The highest BCUT2D eigenvalue weighted by molar-refractivity contribution is 5.44. The molecule has 0 atom stereocenters. The van der Waals surface area contributed by atoms with E-state index in [-0.39, 0.29) is 5.56 Å². The quantitative estimate of drug-likeness (QED) is 0.926. The van der Waals surface area contributed by atoms with Crippen molar-refractivity contribution < 1.29 is 4.74 Å². The predicted molar refractivity (Wildman–Crippen MR) is 79.2 cm³/mol. The van der Waals surface area contributed by atoms with E-state index >= 15 is 0 Å². The monoisotopic (exact) mass is 273 g/mol. The highest BCUT2D eigenvalue weighted by atomic mass is 16.5. The Hall–Kier alpha value is -2.30. The maximum atomic E-state index is 12.0. The van der Waals surface area contributed by atoms with Crippen molar-refractivity contribution in [1.29, 1.82) is 0 Å². The number of hydrogen-bond donors (Lipinski definition) is 1. The molecule has 0 bridgehead atoms.